The fraction of sp³-hybridized carbons (Fsp3) is 0.800. The lowest BCUT2D eigenvalue weighted by molar-refractivity contribution is -0.125. The van der Waals surface area contributed by atoms with E-state index in [0.717, 1.165) is 25.7 Å². The van der Waals surface area contributed by atoms with Gasteiger partial charge < -0.3 is 0 Å². The van der Waals surface area contributed by atoms with Crippen LogP contribution in [-0.4, -0.2) is 17.3 Å². The molecule has 3 heteroatoms. The van der Waals surface area contributed by atoms with Gasteiger partial charge in [0.25, 0.3) is 0 Å². The zero-order chi connectivity index (χ0) is 20.6. The molecule has 160 valence electrons. The number of carbonyl (C=O) groups is 3. The van der Waals surface area contributed by atoms with Crippen molar-refractivity contribution in [1.29, 1.82) is 0 Å². The molecule has 0 aromatic carbocycles. The number of ketones is 3. The second-order valence-corrected chi connectivity index (χ2v) is 8.45. The Kier molecular flexibility index (Phi) is 13.9. The Bertz CT molecular complexity index is 504. The van der Waals surface area contributed by atoms with Crippen molar-refractivity contribution >= 4 is 17.3 Å². The van der Waals surface area contributed by atoms with Crippen molar-refractivity contribution in [3.05, 3.63) is 11.6 Å². The van der Waals surface area contributed by atoms with E-state index in [0.29, 0.717) is 18.4 Å². The third-order valence-corrected chi connectivity index (χ3v) is 5.84. The minimum atomic E-state index is -0.454. The highest BCUT2D eigenvalue weighted by molar-refractivity contribution is 6.12. The van der Waals surface area contributed by atoms with Crippen molar-refractivity contribution < 1.29 is 14.4 Å². The SMILES string of the molecule is CCCCCCCCCC(=O)C1=CC(=O)CC1C(=O)CCCCCCCCC. The second-order valence-electron chi connectivity index (χ2n) is 8.45. The topological polar surface area (TPSA) is 51.2 Å². The quantitative estimate of drug-likeness (QED) is 0.239. The third-order valence-electron chi connectivity index (χ3n) is 5.84. The van der Waals surface area contributed by atoms with E-state index >= 15 is 0 Å². The number of hydrogen-bond donors (Lipinski definition) is 0. The first-order valence-corrected chi connectivity index (χ1v) is 11.9. The molecule has 0 saturated heterocycles. The Morgan fingerprint density at radius 3 is 1.75 bits per heavy atom. The molecule has 0 fully saturated rings. The van der Waals surface area contributed by atoms with Gasteiger partial charge in [-0.3, -0.25) is 14.4 Å². The van der Waals surface area contributed by atoms with Crippen LogP contribution < -0.4 is 0 Å². The van der Waals surface area contributed by atoms with Crippen molar-refractivity contribution in [3.8, 4) is 0 Å². The summed E-state index contributed by atoms with van der Waals surface area (Å²) in [6, 6.07) is 0. The normalized spacial score (nSPS) is 16.4. The minimum absolute atomic E-state index is 0.0253. The van der Waals surface area contributed by atoms with Crippen molar-refractivity contribution in [2.45, 2.75) is 123 Å². The number of allylic oxidation sites excluding steroid dienone is 2. The number of carbonyl (C=O) groups excluding carboxylic acids is 3. The van der Waals surface area contributed by atoms with Crippen molar-refractivity contribution in [2.75, 3.05) is 0 Å². The van der Waals surface area contributed by atoms with Crippen molar-refractivity contribution in [2.24, 2.45) is 5.92 Å². The van der Waals surface area contributed by atoms with Crippen LogP contribution in [0.4, 0.5) is 0 Å². The van der Waals surface area contributed by atoms with Crippen LogP contribution in [0.1, 0.15) is 123 Å². The summed E-state index contributed by atoms with van der Waals surface area (Å²) in [5.74, 6) is -0.388. The van der Waals surface area contributed by atoms with Crippen LogP contribution in [0.2, 0.25) is 0 Å². The highest BCUT2D eigenvalue weighted by atomic mass is 16.1. The zero-order valence-electron chi connectivity index (χ0n) is 18.4. The average Bonchev–Trinajstić information content (AvgIpc) is 3.08. The van der Waals surface area contributed by atoms with E-state index in [1.165, 1.54) is 70.3 Å². The molecule has 0 spiro atoms. The van der Waals surface area contributed by atoms with Gasteiger partial charge in [0.2, 0.25) is 0 Å². The van der Waals surface area contributed by atoms with E-state index in [1.54, 1.807) is 0 Å². The van der Waals surface area contributed by atoms with E-state index in [1.807, 2.05) is 0 Å². The molecule has 0 radical (unpaired) electrons. The van der Waals surface area contributed by atoms with E-state index in [4.69, 9.17) is 0 Å². The molecular formula is C25H42O3. The van der Waals surface area contributed by atoms with Crippen molar-refractivity contribution in [1.82, 2.24) is 0 Å². The van der Waals surface area contributed by atoms with Gasteiger partial charge in [-0.05, 0) is 18.9 Å². The van der Waals surface area contributed by atoms with Crippen LogP contribution in [-0.2, 0) is 14.4 Å². The van der Waals surface area contributed by atoms with Crippen LogP contribution in [0.3, 0.4) is 0 Å². The van der Waals surface area contributed by atoms with Crippen molar-refractivity contribution in [3.63, 3.8) is 0 Å². The molecule has 0 N–H and O–H groups in total. The van der Waals surface area contributed by atoms with Crippen LogP contribution in [0, 0.1) is 5.92 Å². The number of unbranched alkanes of at least 4 members (excludes halogenated alkanes) is 12. The summed E-state index contributed by atoms with van der Waals surface area (Å²) in [6.45, 7) is 4.42. The Hall–Kier alpha value is -1.25. The molecular weight excluding hydrogens is 348 g/mol. The Morgan fingerprint density at radius 2 is 1.21 bits per heavy atom. The lowest BCUT2D eigenvalue weighted by atomic mass is 9.89. The Balaban J connectivity index is 2.27. The van der Waals surface area contributed by atoms with Gasteiger partial charge in [-0.1, -0.05) is 90.9 Å². The lowest BCUT2D eigenvalue weighted by Crippen LogP contribution is -2.19. The first kappa shape index (κ1) is 24.8. The standard InChI is InChI=1S/C25H42O3/c1-3-5-7-9-11-13-15-17-24(27)22-19-21(26)20-23(22)25(28)18-16-14-12-10-8-6-4-2/h19,23H,3-18,20H2,1-2H3. The predicted octanol–water partition coefficient (Wildman–Crippen LogP) is 6.92. The Morgan fingerprint density at radius 1 is 0.750 bits per heavy atom. The maximum atomic E-state index is 12.6. The summed E-state index contributed by atoms with van der Waals surface area (Å²) in [5.41, 5.74) is 0.504. The smallest absolute Gasteiger partial charge is 0.159 e. The third kappa shape index (κ3) is 10.3. The van der Waals surface area contributed by atoms with Gasteiger partial charge in [-0.15, -0.1) is 0 Å². The number of hydrogen-bond acceptors (Lipinski definition) is 3. The molecule has 1 aliphatic carbocycles. The molecule has 0 saturated carbocycles. The summed E-state index contributed by atoms with van der Waals surface area (Å²) >= 11 is 0. The Labute approximate surface area is 172 Å². The molecule has 0 aliphatic heterocycles. The molecule has 0 amide bonds. The fourth-order valence-electron chi connectivity index (χ4n) is 4.02. The molecule has 0 heterocycles. The molecule has 0 aromatic heterocycles. The summed E-state index contributed by atoms with van der Waals surface area (Å²) in [6.07, 6.45) is 19.0. The highest BCUT2D eigenvalue weighted by Crippen LogP contribution is 2.28. The lowest BCUT2D eigenvalue weighted by Gasteiger charge is -2.12. The first-order valence-electron chi connectivity index (χ1n) is 11.9. The molecule has 1 atom stereocenters. The van der Waals surface area contributed by atoms with Crippen LogP contribution in [0.5, 0.6) is 0 Å². The van der Waals surface area contributed by atoms with Gasteiger partial charge >= 0.3 is 0 Å². The predicted molar refractivity (Wildman–Crippen MR) is 116 cm³/mol. The molecule has 1 aliphatic rings. The second kappa shape index (κ2) is 15.6. The monoisotopic (exact) mass is 390 g/mol. The van der Waals surface area contributed by atoms with E-state index in [9.17, 15) is 14.4 Å². The summed E-state index contributed by atoms with van der Waals surface area (Å²) in [5, 5.41) is 0. The molecule has 0 bridgehead atoms. The molecule has 28 heavy (non-hydrogen) atoms. The summed E-state index contributed by atoms with van der Waals surface area (Å²) < 4.78 is 0. The number of rotatable bonds is 18. The summed E-state index contributed by atoms with van der Waals surface area (Å²) in [7, 11) is 0. The maximum absolute atomic E-state index is 12.6. The zero-order valence-corrected chi connectivity index (χ0v) is 18.4. The van der Waals surface area contributed by atoms with Gasteiger partial charge in [0.05, 0.1) is 5.92 Å². The minimum Gasteiger partial charge on any atom is -0.299 e. The summed E-state index contributed by atoms with van der Waals surface area (Å²) in [4.78, 5) is 37.0. The highest BCUT2D eigenvalue weighted by Gasteiger charge is 2.33. The van der Waals surface area contributed by atoms with Gasteiger partial charge in [-0.2, -0.15) is 0 Å². The first-order chi connectivity index (χ1) is 13.6. The van der Waals surface area contributed by atoms with Crippen LogP contribution in [0.15, 0.2) is 11.6 Å². The van der Waals surface area contributed by atoms with Gasteiger partial charge in [0.15, 0.2) is 11.6 Å². The largest absolute Gasteiger partial charge is 0.299 e. The molecule has 1 rings (SSSR count). The van der Waals surface area contributed by atoms with E-state index in [2.05, 4.69) is 13.8 Å². The number of Topliss-reactive ketones (excluding diaryl/α,β-unsaturated/α-hetero) is 2. The maximum Gasteiger partial charge on any atom is 0.159 e. The van der Waals surface area contributed by atoms with E-state index in [-0.39, 0.29) is 23.8 Å². The average molecular weight is 391 g/mol. The fourth-order valence-corrected chi connectivity index (χ4v) is 4.02. The molecule has 1 unspecified atom stereocenters. The van der Waals surface area contributed by atoms with Gasteiger partial charge in [0, 0.05) is 24.8 Å². The van der Waals surface area contributed by atoms with Gasteiger partial charge in [0.1, 0.15) is 5.78 Å². The van der Waals surface area contributed by atoms with Crippen LogP contribution in [0.25, 0.3) is 0 Å². The molecule has 3 nitrogen and oxygen atoms in total. The molecule has 0 aromatic rings. The van der Waals surface area contributed by atoms with Gasteiger partial charge in [-0.25, -0.2) is 0 Å². The van der Waals surface area contributed by atoms with Crippen LogP contribution >= 0.6 is 0 Å². The van der Waals surface area contributed by atoms with E-state index < -0.39 is 5.92 Å².